The zero-order valence-corrected chi connectivity index (χ0v) is 15.1. The highest BCUT2D eigenvalue weighted by Gasteiger charge is 2.25. The van der Waals surface area contributed by atoms with Crippen LogP contribution in [0.1, 0.15) is 12.5 Å². The normalized spacial score (nSPS) is 17.2. The van der Waals surface area contributed by atoms with Crippen LogP contribution in [0.2, 0.25) is 5.02 Å². The molecular weight excluding hydrogens is 336 g/mol. The highest BCUT2D eigenvalue weighted by atomic mass is 35.5. The number of pyridine rings is 1. The number of amides is 1. The van der Waals surface area contributed by atoms with Gasteiger partial charge in [-0.1, -0.05) is 41.9 Å². The van der Waals surface area contributed by atoms with E-state index in [4.69, 9.17) is 11.6 Å². The lowest BCUT2D eigenvalue weighted by atomic mass is 10.1. The van der Waals surface area contributed by atoms with Gasteiger partial charge in [0, 0.05) is 38.9 Å². The van der Waals surface area contributed by atoms with E-state index in [1.165, 1.54) is 11.8 Å². The van der Waals surface area contributed by atoms with E-state index in [2.05, 4.69) is 44.4 Å². The predicted molar refractivity (Wildman–Crippen MR) is 101 cm³/mol. The molecule has 0 aliphatic carbocycles. The van der Waals surface area contributed by atoms with Gasteiger partial charge in [-0.25, -0.2) is 4.98 Å². The summed E-state index contributed by atoms with van der Waals surface area (Å²) in [6, 6.07) is 13.7. The van der Waals surface area contributed by atoms with Crippen LogP contribution in [0.5, 0.6) is 0 Å². The molecule has 1 amide bonds. The highest BCUT2D eigenvalue weighted by Crippen LogP contribution is 2.13. The Hall–Kier alpha value is -1.95. The highest BCUT2D eigenvalue weighted by molar-refractivity contribution is 6.30. The Morgan fingerprint density at radius 3 is 2.52 bits per heavy atom. The zero-order chi connectivity index (χ0) is 17.6. The molecule has 1 aliphatic heterocycles. The van der Waals surface area contributed by atoms with Gasteiger partial charge in [0.15, 0.2) is 0 Å². The summed E-state index contributed by atoms with van der Waals surface area (Å²) in [4.78, 5) is 21.2. The molecule has 0 radical (unpaired) electrons. The van der Waals surface area contributed by atoms with Gasteiger partial charge in [-0.05, 0) is 24.6 Å². The summed E-state index contributed by atoms with van der Waals surface area (Å²) in [5.74, 6) is 0.496. The van der Waals surface area contributed by atoms with Crippen LogP contribution in [-0.4, -0.2) is 52.9 Å². The summed E-state index contributed by atoms with van der Waals surface area (Å²) in [5.41, 5.74) is 1.33. The average molecular weight is 359 g/mol. The van der Waals surface area contributed by atoms with Crippen molar-refractivity contribution in [1.82, 2.24) is 14.8 Å². The summed E-state index contributed by atoms with van der Waals surface area (Å²) in [7, 11) is 0. The number of benzene rings is 1. The number of anilines is 1. The van der Waals surface area contributed by atoms with Crippen LogP contribution in [0, 0.1) is 0 Å². The number of carbonyl (C=O) groups excluding carboxylic acids is 1. The third kappa shape index (κ3) is 5.01. The third-order valence-electron chi connectivity index (χ3n) is 4.56. The Kier molecular flexibility index (Phi) is 6.02. The Bertz CT molecular complexity index is 684. The van der Waals surface area contributed by atoms with Gasteiger partial charge < -0.3 is 5.32 Å². The van der Waals surface area contributed by atoms with Crippen LogP contribution in [-0.2, 0) is 11.3 Å². The lowest BCUT2D eigenvalue weighted by Gasteiger charge is -2.37. The second kappa shape index (κ2) is 8.43. The summed E-state index contributed by atoms with van der Waals surface area (Å²) in [5, 5.41) is 3.41. The van der Waals surface area contributed by atoms with Crippen molar-refractivity contribution < 1.29 is 4.79 Å². The van der Waals surface area contributed by atoms with Crippen molar-refractivity contribution in [3.63, 3.8) is 0 Å². The van der Waals surface area contributed by atoms with Crippen LogP contribution in [0.25, 0.3) is 0 Å². The molecule has 1 aromatic carbocycles. The third-order valence-corrected chi connectivity index (χ3v) is 4.79. The molecule has 0 unspecified atom stereocenters. The van der Waals surface area contributed by atoms with Gasteiger partial charge in [0.2, 0.25) is 5.91 Å². The molecule has 6 heteroatoms. The van der Waals surface area contributed by atoms with Crippen molar-refractivity contribution in [2.24, 2.45) is 0 Å². The Morgan fingerprint density at radius 2 is 1.88 bits per heavy atom. The first-order chi connectivity index (χ1) is 12.1. The van der Waals surface area contributed by atoms with Crippen LogP contribution in [0.15, 0.2) is 48.7 Å². The monoisotopic (exact) mass is 358 g/mol. The summed E-state index contributed by atoms with van der Waals surface area (Å²) < 4.78 is 0. The average Bonchev–Trinajstić information content (AvgIpc) is 2.64. The maximum atomic E-state index is 12.4. The van der Waals surface area contributed by atoms with Crippen molar-refractivity contribution in [3.05, 3.63) is 59.2 Å². The fourth-order valence-corrected chi connectivity index (χ4v) is 3.11. The minimum Gasteiger partial charge on any atom is -0.309 e. The molecule has 0 saturated carbocycles. The molecule has 132 valence electrons. The summed E-state index contributed by atoms with van der Waals surface area (Å²) in [6.45, 7) is 6.60. The number of hydrogen-bond donors (Lipinski definition) is 1. The maximum absolute atomic E-state index is 12.4. The number of aromatic nitrogens is 1. The van der Waals surface area contributed by atoms with Gasteiger partial charge in [0.25, 0.3) is 0 Å². The first-order valence-electron chi connectivity index (χ1n) is 8.54. The second-order valence-corrected chi connectivity index (χ2v) is 6.76. The largest absolute Gasteiger partial charge is 0.309 e. The van der Waals surface area contributed by atoms with E-state index in [1.54, 1.807) is 12.1 Å². The summed E-state index contributed by atoms with van der Waals surface area (Å²) in [6.07, 6.45) is 1.53. The van der Waals surface area contributed by atoms with Crippen molar-refractivity contribution >= 4 is 23.3 Å². The molecule has 25 heavy (non-hydrogen) atoms. The van der Waals surface area contributed by atoms with Gasteiger partial charge in [-0.3, -0.25) is 14.6 Å². The number of hydrogen-bond acceptors (Lipinski definition) is 4. The molecule has 5 nitrogen and oxygen atoms in total. The molecule has 0 spiro atoms. The maximum Gasteiger partial charge on any atom is 0.242 e. The first-order valence-corrected chi connectivity index (χ1v) is 8.92. The molecule has 1 aliphatic rings. The minimum absolute atomic E-state index is 0.0358. The van der Waals surface area contributed by atoms with Gasteiger partial charge >= 0.3 is 0 Å². The van der Waals surface area contributed by atoms with E-state index in [-0.39, 0.29) is 11.9 Å². The van der Waals surface area contributed by atoms with E-state index >= 15 is 0 Å². The van der Waals surface area contributed by atoms with E-state index in [1.807, 2.05) is 13.0 Å². The number of nitrogens with zero attached hydrogens (tertiary/aromatic N) is 3. The minimum atomic E-state index is -0.184. The van der Waals surface area contributed by atoms with Crippen molar-refractivity contribution in [2.75, 3.05) is 31.5 Å². The number of piperazine rings is 1. The number of carbonyl (C=O) groups is 1. The van der Waals surface area contributed by atoms with Crippen molar-refractivity contribution in [1.29, 1.82) is 0 Å². The molecule has 1 N–H and O–H groups in total. The fourth-order valence-electron chi connectivity index (χ4n) is 3.00. The van der Waals surface area contributed by atoms with Gasteiger partial charge in [0.05, 0.1) is 11.1 Å². The molecule has 2 aromatic rings. The van der Waals surface area contributed by atoms with E-state index in [0.717, 1.165) is 32.7 Å². The van der Waals surface area contributed by atoms with E-state index < -0.39 is 0 Å². The topological polar surface area (TPSA) is 48.5 Å². The fraction of sp³-hybridized carbons (Fsp3) is 0.368. The number of halogens is 1. The molecular formula is C19H23ClN4O. The van der Waals surface area contributed by atoms with E-state index in [9.17, 15) is 4.79 Å². The lowest BCUT2D eigenvalue weighted by molar-refractivity contribution is -0.121. The first kappa shape index (κ1) is 17.9. The molecule has 1 fully saturated rings. The standard InChI is InChI=1S/C19H23ClN4O/c1-15(19(25)22-18-8-7-17(20)13-21-18)24-11-9-23(10-12-24)14-16-5-3-2-4-6-16/h2-8,13,15H,9-12,14H2,1H3,(H,21,22,25)/t15-/m0/s1. The molecule has 1 saturated heterocycles. The molecule has 0 bridgehead atoms. The van der Waals surface area contributed by atoms with Gasteiger partial charge in [-0.2, -0.15) is 0 Å². The van der Waals surface area contributed by atoms with Crippen LogP contribution in [0.3, 0.4) is 0 Å². The van der Waals surface area contributed by atoms with Gasteiger partial charge in [-0.15, -0.1) is 0 Å². The SMILES string of the molecule is C[C@@H](C(=O)Nc1ccc(Cl)cn1)N1CCN(Cc2ccccc2)CC1. The van der Waals surface area contributed by atoms with Crippen molar-refractivity contribution in [3.8, 4) is 0 Å². The molecule has 2 heterocycles. The number of nitrogens with one attached hydrogen (secondary N) is 1. The Labute approximate surface area is 153 Å². The predicted octanol–water partition coefficient (Wildman–Crippen LogP) is 2.88. The van der Waals surface area contributed by atoms with Crippen LogP contribution >= 0.6 is 11.6 Å². The second-order valence-electron chi connectivity index (χ2n) is 6.32. The number of rotatable bonds is 5. The summed E-state index contributed by atoms with van der Waals surface area (Å²) >= 11 is 5.82. The van der Waals surface area contributed by atoms with Crippen LogP contribution < -0.4 is 5.32 Å². The Morgan fingerprint density at radius 1 is 1.16 bits per heavy atom. The van der Waals surface area contributed by atoms with Crippen molar-refractivity contribution in [2.45, 2.75) is 19.5 Å². The van der Waals surface area contributed by atoms with E-state index in [0.29, 0.717) is 10.8 Å². The van der Waals surface area contributed by atoms with Gasteiger partial charge in [0.1, 0.15) is 5.82 Å². The molecule has 1 atom stereocenters. The Balaban J connectivity index is 1.48. The molecule has 1 aromatic heterocycles. The molecule has 3 rings (SSSR count). The lowest BCUT2D eigenvalue weighted by Crippen LogP contribution is -2.52. The quantitative estimate of drug-likeness (QED) is 0.892. The smallest absolute Gasteiger partial charge is 0.242 e. The zero-order valence-electron chi connectivity index (χ0n) is 14.4. The van der Waals surface area contributed by atoms with Crippen LogP contribution in [0.4, 0.5) is 5.82 Å².